The molecule has 2 atom stereocenters. The lowest BCUT2D eigenvalue weighted by molar-refractivity contribution is -0.122. The summed E-state index contributed by atoms with van der Waals surface area (Å²) >= 11 is 0. The Morgan fingerprint density at radius 2 is 2.14 bits per heavy atom. The van der Waals surface area contributed by atoms with Crippen LogP contribution in [0.3, 0.4) is 0 Å². The van der Waals surface area contributed by atoms with E-state index < -0.39 is 0 Å². The van der Waals surface area contributed by atoms with E-state index in [1.807, 2.05) is 6.92 Å². The van der Waals surface area contributed by atoms with Crippen LogP contribution in [0.5, 0.6) is 0 Å². The largest absolute Gasteiger partial charge is 0.358 e. The number of amides is 1. The van der Waals surface area contributed by atoms with E-state index in [0.717, 1.165) is 12.3 Å². The van der Waals surface area contributed by atoms with Gasteiger partial charge in [-0.1, -0.05) is 19.8 Å². The van der Waals surface area contributed by atoms with Crippen molar-refractivity contribution in [3.63, 3.8) is 0 Å². The van der Waals surface area contributed by atoms with Crippen molar-refractivity contribution in [3.05, 3.63) is 0 Å². The van der Waals surface area contributed by atoms with Gasteiger partial charge in [-0.25, -0.2) is 0 Å². The third-order valence-corrected chi connectivity index (χ3v) is 2.93. The molecule has 3 nitrogen and oxygen atoms in total. The zero-order chi connectivity index (χ0) is 10.6. The first-order chi connectivity index (χ1) is 6.67. The van der Waals surface area contributed by atoms with E-state index in [1.54, 1.807) is 7.05 Å². The Kier molecular flexibility index (Phi) is 4.39. The second-order valence-electron chi connectivity index (χ2n) is 4.29. The molecule has 1 rings (SSSR count). The molecule has 82 valence electrons. The molecule has 1 fully saturated rings. The van der Waals surface area contributed by atoms with Crippen LogP contribution in [0.15, 0.2) is 0 Å². The van der Waals surface area contributed by atoms with E-state index in [2.05, 4.69) is 17.6 Å². The molecule has 1 saturated carbocycles. The van der Waals surface area contributed by atoms with E-state index in [1.165, 1.54) is 19.3 Å². The molecule has 0 radical (unpaired) electrons. The molecule has 0 aromatic heterocycles. The van der Waals surface area contributed by atoms with Gasteiger partial charge >= 0.3 is 0 Å². The maximum absolute atomic E-state index is 11.3. The lowest BCUT2D eigenvalue weighted by Gasteiger charge is -2.21. The minimum Gasteiger partial charge on any atom is -0.358 e. The van der Waals surface area contributed by atoms with Crippen molar-refractivity contribution in [2.45, 2.75) is 51.6 Å². The highest BCUT2D eigenvalue weighted by molar-refractivity contribution is 5.80. The van der Waals surface area contributed by atoms with Gasteiger partial charge in [-0.15, -0.1) is 0 Å². The number of rotatable bonds is 6. The molecule has 14 heavy (non-hydrogen) atoms. The Hall–Kier alpha value is -0.570. The van der Waals surface area contributed by atoms with Gasteiger partial charge in [0, 0.05) is 13.1 Å². The lowest BCUT2D eigenvalue weighted by atomic mass is 10.1. The minimum absolute atomic E-state index is 0.0660. The van der Waals surface area contributed by atoms with Crippen molar-refractivity contribution in [1.82, 2.24) is 10.6 Å². The Balaban J connectivity index is 2.26. The predicted molar refractivity (Wildman–Crippen MR) is 58.1 cm³/mol. The van der Waals surface area contributed by atoms with Crippen LogP contribution in [0.1, 0.15) is 39.5 Å². The van der Waals surface area contributed by atoms with E-state index >= 15 is 0 Å². The van der Waals surface area contributed by atoms with Gasteiger partial charge in [0.1, 0.15) is 0 Å². The molecule has 3 heteroatoms. The molecular weight excluding hydrogens is 176 g/mol. The molecule has 1 aliphatic carbocycles. The average Bonchev–Trinajstić information content (AvgIpc) is 2.99. The maximum Gasteiger partial charge on any atom is 0.236 e. The molecule has 0 saturated heterocycles. The molecule has 0 spiro atoms. The number of hydrogen-bond donors (Lipinski definition) is 2. The first-order valence-corrected chi connectivity index (χ1v) is 5.65. The van der Waals surface area contributed by atoms with E-state index in [0.29, 0.717) is 6.04 Å². The van der Waals surface area contributed by atoms with Crippen molar-refractivity contribution in [2.24, 2.45) is 5.92 Å². The second kappa shape index (κ2) is 5.35. The van der Waals surface area contributed by atoms with Crippen LogP contribution in [0.4, 0.5) is 0 Å². The molecule has 0 heterocycles. The van der Waals surface area contributed by atoms with Crippen LogP contribution < -0.4 is 10.6 Å². The van der Waals surface area contributed by atoms with Crippen LogP contribution in [-0.4, -0.2) is 25.0 Å². The monoisotopic (exact) mass is 198 g/mol. The fourth-order valence-corrected chi connectivity index (χ4v) is 1.75. The predicted octanol–water partition coefficient (Wildman–Crippen LogP) is 1.29. The normalized spacial score (nSPS) is 20.2. The number of likely N-dealkylation sites (N-methyl/N-ethyl adjacent to an activating group) is 1. The van der Waals surface area contributed by atoms with E-state index in [-0.39, 0.29) is 11.9 Å². The van der Waals surface area contributed by atoms with E-state index in [9.17, 15) is 4.79 Å². The number of carbonyl (C=O) groups excluding carboxylic acids is 1. The second-order valence-corrected chi connectivity index (χ2v) is 4.29. The molecule has 0 aromatic carbocycles. The summed E-state index contributed by atoms with van der Waals surface area (Å²) in [5.41, 5.74) is 0. The number of carbonyl (C=O) groups is 1. The quantitative estimate of drug-likeness (QED) is 0.675. The van der Waals surface area contributed by atoms with Crippen LogP contribution in [0.2, 0.25) is 0 Å². The molecule has 1 aliphatic rings. The maximum atomic E-state index is 11.3. The molecule has 2 unspecified atom stereocenters. The third kappa shape index (κ3) is 3.66. The van der Waals surface area contributed by atoms with Crippen molar-refractivity contribution in [3.8, 4) is 0 Å². The van der Waals surface area contributed by atoms with Gasteiger partial charge in [0.15, 0.2) is 0 Å². The Morgan fingerprint density at radius 3 is 2.57 bits per heavy atom. The van der Waals surface area contributed by atoms with Crippen LogP contribution in [0, 0.1) is 5.92 Å². The van der Waals surface area contributed by atoms with Gasteiger partial charge < -0.3 is 10.6 Å². The molecule has 0 aliphatic heterocycles. The van der Waals surface area contributed by atoms with Crippen LogP contribution >= 0.6 is 0 Å². The average molecular weight is 198 g/mol. The molecule has 0 aromatic rings. The SMILES string of the molecule is CCC(CC1CC1)NC(C)C(=O)NC. The summed E-state index contributed by atoms with van der Waals surface area (Å²) in [6.45, 7) is 4.10. The Labute approximate surface area is 86.6 Å². The van der Waals surface area contributed by atoms with Gasteiger partial charge in [0.25, 0.3) is 0 Å². The molecular formula is C11H22N2O. The zero-order valence-corrected chi connectivity index (χ0v) is 9.47. The van der Waals surface area contributed by atoms with Gasteiger partial charge in [0.05, 0.1) is 6.04 Å². The number of nitrogens with one attached hydrogen (secondary N) is 2. The molecule has 1 amide bonds. The summed E-state index contributed by atoms with van der Waals surface area (Å²) in [5, 5.41) is 6.04. The third-order valence-electron chi connectivity index (χ3n) is 2.93. The van der Waals surface area contributed by atoms with Crippen molar-refractivity contribution < 1.29 is 4.79 Å². The standard InChI is InChI=1S/C11H22N2O/c1-4-10(7-9-5-6-9)13-8(2)11(14)12-3/h8-10,13H,4-7H2,1-3H3,(H,12,14). The summed E-state index contributed by atoms with van der Waals surface area (Å²) in [7, 11) is 1.68. The first-order valence-electron chi connectivity index (χ1n) is 5.65. The van der Waals surface area contributed by atoms with E-state index in [4.69, 9.17) is 0 Å². The highest BCUT2D eigenvalue weighted by Gasteiger charge is 2.26. The summed E-state index contributed by atoms with van der Waals surface area (Å²) in [6.07, 6.45) is 5.11. The fraction of sp³-hybridized carbons (Fsp3) is 0.909. The summed E-state index contributed by atoms with van der Waals surface area (Å²) < 4.78 is 0. The fourth-order valence-electron chi connectivity index (χ4n) is 1.75. The van der Waals surface area contributed by atoms with Crippen LogP contribution in [0.25, 0.3) is 0 Å². The van der Waals surface area contributed by atoms with Gasteiger partial charge in [-0.2, -0.15) is 0 Å². The molecule has 2 N–H and O–H groups in total. The van der Waals surface area contributed by atoms with Crippen LogP contribution in [-0.2, 0) is 4.79 Å². The Bertz CT molecular complexity index is 190. The highest BCUT2D eigenvalue weighted by atomic mass is 16.2. The topological polar surface area (TPSA) is 41.1 Å². The zero-order valence-electron chi connectivity index (χ0n) is 9.47. The summed E-state index contributed by atoms with van der Waals surface area (Å²) in [4.78, 5) is 11.3. The van der Waals surface area contributed by atoms with Crippen molar-refractivity contribution >= 4 is 5.91 Å². The van der Waals surface area contributed by atoms with Crippen molar-refractivity contribution in [1.29, 1.82) is 0 Å². The smallest absolute Gasteiger partial charge is 0.236 e. The minimum atomic E-state index is -0.0660. The highest BCUT2D eigenvalue weighted by Crippen LogP contribution is 2.34. The van der Waals surface area contributed by atoms with Gasteiger partial charge in [-0.05, 0) is 25.7 Å². The van der Waals surface area contributed by atoms with Gasteiger partial charge in [0.2, 0.25) is 5.91 Å². The Morgan fingerprint density at radius 1 is 1.50 bits per heavy atom. The van der Waals surface area contributed by atoms with Gasteiger partial charge in [-0.3, -0.25) is 4.79 Å². The van der Waals surface area contributed by atoms with Crippen molar-refractivity contribution in [2.75, 3.05) is 7.05 Å². The number of hydrogen-bond acceptors (Lipinski definition) is 2. The lowest BCUT2D eigenvalue weighted by Crippen LogP contribution is -2.45. The summed E-state index contributed by atoms with van der Waals surface area (Å²) in [5.74, 6) is 1.00. The first kappa shape index (κ1) is 11.5. The summed E-state index contributed by atoms with van der Waals surface area (Å²) in [6, 6.07) is 0.443. The molecule has 0 bridgehead atoms.